The van der Waals surface area contributed by atoms with Crippen LogP contribution in [0, 0.1) is 0 Å². The summed E-state index contributed by atoms with van der Waals surface area (Å²) in [6, 6.07) is 6.17. The third-order valence-electron chi connectivity index (χ3n) is 5.37. The van der Waals surface area contributed by atoms with Gasteiger partial charge in [-0.15, -0.1) is 0 Å². The second-order valence-corrected chi connectivity index (χ2v) is 7.64. The van der Waals surface area contributed by atoms with Gasteiger partial charge in [0, 0.05) is 12.1 Å². The number of aliphatic imine (C=N–C) groups is 4. The first-order chi connectivity index (χ1) is 15.2. The van der Waals surface area contributed by atoms with E-state index in [0.29, 0.717) is 0 Å². The van der Waals surface area contributed by atoms with Gasteiger partial charge < -0.3 is 0 Å². The van der Waals surface area contributed by atoms with Crippen LogP contribution in [0.25, 0.3) is 5.57 Å². The summed E-state index contributed by atoms with van der Waals surface area (Å²) in [5.74, 6) is 0. The molecule has 5 nitrogen and oxygen atoms in total. The molecule has 0 amide bonds. The Morgan fingerprint density at radius 3 is 1.77 bits per heavy atom. The molecule has 0 saturated carbocycles. The molecule has 1 aromatic rings. The van der Waals surface area contributed by atoms with E-state index in [4.69, 9.17) is 15.0 Å². The van der Waals surface area contributed by atoms with E-state index in [9.17, 15) is 0 Å². The van der Waals surface area contributed by atoms with Crippen LogP contribution in [-0.4, -0.2) is 22.8 Å². The van der Waals surface area contributed by atoms with Gasteiger partial charge in [0.05, 0.1) is 51.2 Å². The van der Waals surface area contributed by atoms with Gasteiger partial charge in [0.15, 0.2) is 6.20 Å². The minimum absolute atomic E-state index is 0.869. The van der Waals surface area contributed by atoms with E-state index in [1.165, 1.54) is 0 Å². The number of hydrogen-bond acceptors (Lipinski definition) is 4. The first-order valence-electron chi connectivity index (χ1n) is 10.1. The maximum absolute atomic E-state index is 4.90. The van der Waals surface area contributed by atoms with E-state index in [2.05, 4.69) is 21.7 Å². The molecule has 0 unspecified atom stereocenters. The van der Waals surface area contributed by atoms with E-state index >= 15 is 0 Å². The summed E-state index contributed by atoms with van der Waals surface area (Å²) in [6.45, 7) is 0. The third kappa shape index (κ3) is 3.36. The van der Waals surface area contributed by atoms with E-state index in [0.717, 1.165) is 56.9 Å². The maximum atomic E-state index is 4.90. The maximum Gasteiger partial charge on any atom is 0.214 e. The molecule has 1 aromatic heterocycles. The fourth-order valence-corrected chi connectivity index (χ4v) is 3.91. The normalized spacial score (nSPS) is 20.5. The molecule has 0 N–H and O–H groups in total. The molecule has 146 valence electrons. The predicted octanol–water partition coefficient (Wildman–Crippen LogP) is 3.93. The quantitative estimate of drug-likeness (QED) is 0.642. The van der Waals surface area contributed by atoms with Crippen molar-refractivity contribution in [3.63, 3.8) is 0 Å². The molecule has 0 fully saturated rings. The topological polar surface area (TPSA) is 53.3 Å². The van der Waals surface area contributed by atoms with Crippen molar-refractivity contribution >= 4 is 28.4 Å². The Morgan fingerprint density at radius 2 is 1.16 bits per heavy atom. The number of fused-ring (bicyclic) bond motifs is 4. The molecule has 0 spiro atoms. The standard InChI is InChI=1S/C26H18N5/c1-31-11-3-2-4-26(31)24-15-23-14-21-8-7-19(28-21)12-17-5-6-18(27-17)13-20-9-10-22(29-20)16-25(24)30-23/h2-16H,1H3/q+1. The molecular weight excluding hydrogens is 382 g/mol. The fraction of sp³-hybridized carbons (Fsp3) is 0.0385. The van der Waals surface area contributed by atoms with Crippen LogP contribution in [0.3, 0.4) is 0 Å². The number of hydrogen-bond donors (Lipinski definition) is 0. The highest BCUT2D eigenvalue weighted by molar-refractivity contribution is 6.32. The lowest BCUT2D eigenvalue weighted by molar-refractivity contribution is -0.673. The minimum atomic E-state index is 0.869. The first-order valence-corrected chi connectivity index (χ1v) is 10.1. The summed E-state index contributed by atoms with van der Waals surface area (Å²) in [5.41, 5.74) is 9.18. The lowest BCUT2D eigenvalue weighted by Crippen LogP contribution is -2.33. The Morgan fingerprint density at radius 1 is 0.581 bits per heavy atom. The Bertz CT molecular complexity index is 1410. The van der Waals surface area contributed by atoms with Gasteiger partial charge >= 0.3 is 0 Å². The van der Waals surface area contributed by atoms with Crippen molar-refractivity contribution in [2.45, 2.75) is 0 Å². The first kappa shape index (κ1) is 17.6. The monoisotopic (exact) mass is 400 g/mol. The second kappa shape index (κ2) is 6.92. The van der Waals surface area contributed by atoms with Gasteiger partial charge in [0.1, 0.15) is 7.05 Å². The molecule has 5 heteroatoms. The summed E-state index contributed by atoms with van der Waals surface area (Å²) >= 11 is 0. The Kier molecular flexibility index (Phi) is 3.93. The van der Waals surface area contributed by atoms with Crippen molar-refractivity contribution in [2.24, 2.45) is 27.0 Å². The molecule has 0 atom stereocenters. The van der Waals surface area contributed by atoms with Gasteiger partial charge in [-0.3, -0.25) is 0 Å². The van der Waals surface area contributed by atoms with E-state index in [-0.39, 0.29) is 0 Å². The molecule has 0 aliphatic carbocycles. The van der Waals surface area contributed by atoms with Crippen LogP contribution in [-0.2, 0) is 7.05 Å². The van der Waals surface area contributed by atoms with Crippen LogP contribution in [0.1, 0.15) is 5.69 Å². The highest BCUT2D eigenvalue weighted by Crippen LogP contribution is 2.27. The van der Waals surface area contributed by atoms with Gasteiger partial charge in [-0.2, -0.15) is 0 Å². The third-order valence-corrected chi connectivity index (χ3v) is 5.37. The van der Waals surface area contributed by atoms with Crippen molar-refractivity contribution in [3.05, 3.63) is 120 Å². The zero-order valence-corrected chi connectivity index (χ0v) is 16.9. The molecule has 31 heavy (non-hydrogen) atoms. The number of allylic oxidation sites excluding steroid dienone is 12. The lowest BCUT2D eigenvalue weighted by Gasteiger charge is -2.01. The van der Waals surface area contributed by atoms with Gasteiger partial charge in [-0.05, 0) is 72.9 Å². The molecule has 5 aliphatic rings. The molecule has 0 saturated heterocycles. The highest BCUT2D eigenvalue weighted by Gasteiger charge is 2.23. The van der Waals surface area contributed by atoms with Crippen molar-refractivity contribution in [1.29, 1.82) is 0 Å². The molecule has 6 rings (SSSR count). The van der Waals surface area contributed by atoms with Crippen LogP contribution in [0.2, 0.25) is 0 Å². The van der Waals surface area contributed by atoms with Crippen LogP contribution in [0.5, 0.6) is 0 Å². The Labute approximate surface area is 180 Å². The number of aryl methyl sites for hydroxylation is 1. The number of pyridine rings is 1. The van der Waals surface area contributed by atoms with Gasteiger partial charge in [-0.1, -0.05) is 0 Å². The molecule has 8 bridgehead atoms. The summed E-state index contributed by atoms with van der Waals surface area (Å²) in [7, 11) is 2.04. The molecule has 5 aliphatic heterocycles. The molecule has 0 radical (unpaired) electrons. The van der Waals surface area contributed by atoms with E-state index in [1.807, 2.05) is 86.1 Å². The number of aromatic nitrogens is 1. The smallest absolute Gasteiger partial charge is 0.214 e. The molecule has 6 heterocycles. The summed E-state index contributed by atoms with van der Waals surface area (Å²) in [5, 5.41) is 0. The largest absolute Gasteiger partial charge is 0.249 e. The SMILES string of the molecule is C[n+]1ccccc1C1=CC2=CC3=NC(=CC4=NC(=CC5=NC(=CC1=N2)C=C5)C=C4)C=C3. The molecular formula is C26H18N5+. The second-order valence-electron chi connectivity index (χ2n) is 7.64. The number of nitrogens with zero attached hydrogens (tertiary/aromatic N) is 5. The number of rotatable bonds is 1. The van der Waals surface area contributed by atoms with E-state index < -0.39 is 0 Å². The average Bonchev–Trinajstić information content (AvgIpc) is 3.53. The summed E-state index contributed by atoms with van der Waals surface area (Å²) < 4.78 is 2.10. The summed E-state index contributed by atoms with van der Waals surface area (Å²) in [6.07, 6.45) is 24.2. The average molecular weight is 400 g/mol. The fourth-order valence-electron chi connectivity index (χ4n) is 3.91. The lowest BCUT2D eigenvalue weighted by atomic mass is 10.1. The van der Waals surface area contributed by atoms with Crippen LogP contribution >= 0.6 is 0 Å². The Hall–Kier alpha value is -4.25. The van der Waals surface area contributed by atoms with Gasteiger partial charge in [0.25, 0.3) is 0 Å². The van der Waals surface area contributed by atoms with Crippen LogP contribution in [0.15, 0.2) is 134 Å². The van der Waals surface area contributed by atoms with Crippen LogP contribution in [0.4, 0.5) is 0 Å². The van der Waals surface area contributed by atoms with Crippen LogP contribution < -0.4 is 4.57 Å². The van der Waals surface area contributed by atoms with Crippen molar-refractivity contribution < 1.29 is 4.57 Å². The van der Waals surface area contributed by atoms with Crippen molar-refractivity contribution in [3.8, 4) is 0 Å². The zero-order valence-electron chi connectivity index (χ0n) is 16.9. The van der Waals surface area contributed by atoms with Gasteiger partial charge in [-0.25, -0.2) is 24.5 Å². The zero-order chi connectivity index (χ0) is 20.8. The van der Waals surface area contributed by atoms with Gasteiger partial charge in [0.2, 0.25) is 5.69 Å². The Balaban J connectivity index is 1.52. The predicted molar refractivity (Wildman–Crippen MR) is 125 cm³/mol. The minimum Gasteiger partial charge on any atom is -0.249 e. The summed E-state index contributed by atoms with van der Waals surface area (Å²) in [4.78, 5) is 19.0. The highest BCUT2D eigenvalue weighted by atomic mass is 14.9. The van der Waals surface area contributed by atoms with Crippen molar-refractivity contribution in [2.75, 3.05) is 0 Å². The van der Waals surface area contributed by atoms with E-state index in [1.54, 1.807) is 0 Å². The molecule has 0 aromatic carbocycles. The van der Waals surface area contributed by atoms with Crippen molar-refractivity contribution in [1.82, 2.24) is 0 Å².